The number of rotatable bonds is 1. The van der Waals surface area contributed by atoms with Crippen molar-refractivity contribution < 1.29 is 0 Å². The molecule has 0 saturated carbocycles. The van der Waals surface area contributed by atoms with E-state index in [1.165, 1.54) is 23.1 Å². The highest BCUT2D eigenvalue weighted by Crippen LogP contribution is 2.10. The molecule has 0 radical (unpaired) electrons. The summed E-state index contributed by atoms with van der Waals surface area (Å²) >= 11 is 0. The highest BCUT2D eigenvalue weighted by molar-refractivity contribution is 5.30. The van der Waals surface area contributed by atoms with Crippen molar-refractivity contribution in [1.29, 1.82) is 0 Å². The maximum Gasteiger partial charge on any atom is -0.0305 e. The fraction of sp³-hybridized carbons (Fsp3) is 0.538. The lowest BCUT2D eigenvalue weighted by atomic mass is 10.0. The smallest absolute Gasteiger partial charge is 0.0305 e. The molecule has 0 spiro atoms. The molecule has 0 aliphatic rings. The molecule has 0 unspecified atom stereocenters. The maximum absolute atomic E-state index is 2.26. The van der Waals surface area contributed by atoms with Gasteiger partial charge in [0.05, 0.1) is 0 Å². The monoisotopic (exact) mass is 178 g/mol. The standard InChI is InChI=1S/C10H14.C3H8/c1-4-10-7-8(2)5-6-9(10)3;1-3-2/h5-7H,4H2,1-3H3;3H2,1-2H3. The predicted molar refractivity (Wildman–Crippen MR) is 61.3 cm³/mol. The molecule has 74 valence electrons. The average Bonchev–Trinajstić information content (AvgIpc) is 2.10. The molecule has 0 aromatic heterocycles. The van der Waals surface area contributed by atoms with Gasteiger partial charge in [-0.3, -0.25) is 0 Å². The highest BCUT2D eigenvalue weighted by atomic mass is 14.0. The quantitative estimate of drug-likeness (QED) is 0.602. The van der Waals surface area contributed by atoms with Crippen molar-refractivity contribution in [3.63, 3.8) is 0 Å². The van der Waals surface area contributed by atoms with Crippen LogP contribution < -0.4 is 0 Å². The zero-order valence-corrected chi connectivity index (χ0v) is 9.65. The summed E-state index contributed by atoms with van der Waals surface area (Å²) in [6.45, 7) is 10.7. The summed E-state index contributed by atoms with van der Waals surface area (Å²) in [5, 5.41) is 0. The zero-order chi connectivity index (χ0) is 10.3. The van der Waals surface area contributed by atoms with Crippen molar-refractivity contribution in [2.24, 2.45) is 0 Å². The molecule has 0 nitrogen and oxygen atoms in total. The van der Waals surface area contributed by atoms with Gasteiger partial charge in [-0.15, -0.1) is 0 Å². The maximum atomic E-state index is 2.26. The van der Waals surface area contributed by atoms with Gasteiger partial charge in [0.25, 0.3) is 0 Å². The summed E-state index contributed by atoms with van der Waals surface area (Å²) in [6.07, 6.45) is 2.40. The molecule has 0 heteroatoms. The number of hydrogen-bond acceptors (Lipinski definition) is 0. The van der Waals surface area contributed by atoms with E-state index in [2.05, 4.69) is 52.8 Å². The van der Waals surface area contributed by atoms with E-state index in [0.29, 0.717) is 0 Å². The first-order valence-electron chi connectivity index (χ1n) is 5.21. The summed E-state index contributed by atoms with van der Waals surface area (Å²) < 4.78 is 0. The van der Waals surface area contributed by atoms with Gasteiger partial charge < -0.3 is 0 Å². The van der Waals surface area contributed by atoms with Crippen molar-refractivity contribution >= 4 is 0 Å². The minimum atomic E-state index is 1.15. The van der Waals surface area contributed by atoms with Crippen LogP contribution in [0.5, 0.6) is 0 Å². The van der Waals surface area contributed by atoms with Gasteiger partial charge in [0.2, 0.25) is 0 Å². The first kappa shape index (κ1) is 12.2. The molecule has 0 bridgehead atoms. The second-order valence-electron chi connectivity index (χ2n) is 3.49. The largest absolute Gasteiger partial charge is 0.0656 e. The van der Waals surface area contributed by atoms with Gasteiger partial charge in [0.15, 0.2) is 0 Å². The van der Waals surface area contributed by atoms with Crippen molar-refractivity contribution in [3.05, 3.63) is 34.9 Å². The van der Waals surface area contributed by atoms with E-state index >= 15 is 0 Å². The van der Waals surface area contributed by atoms with Crippen LogP contribution in [0.15, 0.2) is 18.2 Å². The van der Waals surface area contributed by atoms with Crippen LogP contribution in [0.1, 0.15) is 43.9 Å². The molecule has 1 aromatic carbocycles. The van der Waals surface area contributed by atoms with Crippen LogP contribution in [-0.4, -0.2) is 0 Å². The Bertz CT molecular complexity index is 236. The average molecular weight is 178 g/mol. The Morgan fingerprint density at radius 1 is 1.00 bits per heavy atom. The summed E-state index contributed by atoms with van der Waals surface area (Å²) in [5.74, 6) is 0. The molecule has 0 aliphatic carbocycles. The molecule has 0 N–H and O–H groups in total. The Labute approximate surface area is 83.0 Å². The van der Waals surface area contributed by atoms with Gasteiger partial charge in [-0.05, 0) is 31.4 Å². The van der Waals surface area contributed by atoms with Crippen molar-refractivity contribution in [2.75, 3.05) is 0 Å². The molecule has 0 saturated heterocycles. The number of aryl methyl sites for hydroxylation is 3. The fourth-order valence-electron chi connectivity index (χ4n) is 1.18. The Morgan fingerprint density at radius 3 is 1.92 bits per heavy atom. The molecule has 0 aliphatic heterocycles. The minimum absolute atomic E-state index is 1.15. The van der Waals surface area contributed by atoms with E-state index in [0.717, 1.165) is 6.42 Å². The van der Waals surface area contributed by atoms with Crippen LogP contribution in [0.2, 0.25) is 0 Å². The number of hydrogen-bond donors (Lipinski definition) is 0. The van der Waals surface area contributed by atoms with Crippen LogP contribution in [0.4, 0.5) is 0 Å². The normalized spacial score (nSPS) is 9.00. The summed E-state index contributed by atoms with van der Waals surface area (Å²) in [7, 11) is 0. The Balaban J connectivity index is 0.000000424. The van der Waals surface area contributed by atoms with Crippen molar-refractivity contribution in [2.45, 2.75) is 47.5 Å². The Hall–Kier alpha value is -0.780. The van der Waals surface area contributed by atoms with Crippen LogP contribution in [0.25, 0.3) is 0 Å². The van der Waals surface area contributed by atoms with E-state index in [1.807, 2.05) is 0 Å². The lowest BCUT2D eigenvalue weighted by Crippen LogP contribution is -1.86. The molecule has 13 heavy (non-hydrogen) atoms. The highest BCUT2D eigenvalue weighted by Gasteiger charge is 1.93. The first-order chi connectivity index (χ1) is 6.15. The molecular formula is C13H22. The minimum Gasteiger partial charge on any atom is -0.0656 e. The molecule has 1 aromatic rings. The van der Waals surface area contributed by atoms with Crippen molar-refractivity contribution in [1.82, 2.24) is 0 Å². The second-order valence-corrected chi connectivity index (χ2v) is 3.49. The first-order valence-corrected chi connectivity index (χ1v) is 5.21. The summed E-state index contributed by atoms with van der Waals surface area (Å²) in [4.78, 5) is 0. The zero-order valence-electron chi connectivity index (χ0n) is 9.65. The third-order valence-corrected chi connectivity index (χ3v) is 1.89. The van der Waals surface area contributed by atoms with Crippen LogP contribution in [0.3, 0.4) is 0 Å². The predicted octanol–water partition coefficient (Wildman–Crippen LogP) is 4.28. The number of benzene rings is 1. The third kappa shape index (κ3) is 4.72. The van der Waals surface area contributed by atoms with Gasteiger partial charge >= 0.3 is 0 Å². The third-order valence-electron chi connectivity index (χ3n) is 1.89. The van der Waals surface area contributed by atoms with E-state index in [-0.39, 0.29) is 0 Å². The van der Waals surface area contributed by atoms with Gasteiger partial charge in [0, 0.05) is 0 Å². The van der Waals surface area contributed by atoms with E-state index in [1.54, 1.807) is 0 Å². The lowest BCUT2D eigenvalue weighted by Gasteiger charge is -2.02. The van der Waals surface area contributed by atoms with Crippen molar-refractivity contribution in [3.8, 4) is 0 Å². The Morgan fingerprint density at radius 2 is 1.54 bits per heavy atom. The van der Waals surface area contributed by atoms with Crippen LogP contribution in [0, 0.1) is 13.8 Å². The molecular weight excluding hydrogens is 156 g/mol. The van der Waals surface area contributed by atoms with Crippen LogP contribution >= 0.6 is 0 Å². The van der Waals surface area contributed by atoms with Crippen LogP contribution in [-0.2, 0) is 6.42 Å². The van der Waals surface area contributed by atoms with Gasteiger partial charge in [-0.2, -0.15) is 0 Å². The molecule has 0 fully saturated rings. The lowest BCUT2D eigenvalue weighted by molar-refractivity contribution is 1.09. The van der Waals surface area contributed by atoms with Gasteiger partial charge in [0.1, 0.15) is 0 Å². The SMILES string of the molecule is CCC.CCc1cc(C)ccc1C. The summed E-state index contributed by atoms with van der Waals surface area (Å²) in [6, 6.07) is 6.61. The van der Waals surface area contributed by atoms with E-state index in [9.17, 15) is 0 Å². The summed E-state index contributed by atoms with van der Waals surface area (Å²) in [5.41, 5.74) is 4.25. The van der Waals surface area contributed by atoms with E-state index < -0.39 is 0 Å². The van der Waals surface area contributed by atoms with E-state index in [4.69, 9.17) is 0 Å². The molecule has 0 heterocycles. The topological polar surface area (TPSA) is 0 Å². The molecule has 1 rings (SSSR count). The fourth-order valence-corrected chi connectivity index (χ4v) is 1.18. The van der Waals surface area contributed by atoms with Gasteiger partial charge in [-0.1, -0.05) is 51.0 Å². The Kier molecular flexibility index (Phi) is 6.30. The molecule has 0 atom stereocenters. The van der Waals surface area contributed by atoms with Gasteiger partial charge in [-0.25, -0.2) is 0 Å². The second kappa shape index (κ2) is 6.71. The molecule has 0 amide bonds.